The third kappa shape index (κ3) is 2.97. The molecule has 0 unspecified atom stereocenters. The number of ether oxygens (including phenoxy) is 1. The van der Waals surface area contributed by atoms with Crippen molar-refractivity contribution in [2.45, 2.75) is 13.8 Å². The first-order chi connectivity index (χ1) is 9.90. The summed E-state index contributed by atoms with van der Waals surface area (Å²) in [5, 5.41) is 18.9. The highest BCUT2D eigenvalue weighted by Crippen LogP contribution is 2.28. The zero-order chi connectivity index (χ0) is 15.6. The Morgan fingerprint density at radius 2 is 1.90 bits per heavy atom. The highest BCUT2D eigenvalue weighted by atomic mass is 16.5. The second-order valence-corrected chi connectivity index (χ2v) is 4.39. The lowest BCUT2D eigenvalue weighted by Gasteiger charge is -2.05. The number of nitrogens with zero attached hydrogens (tertiary/aromatic N) is 1. The van der Waals surface area contributed by atoms with E-state index in [-0.39, 0.29) is 17.5 Å². The molecule has 0 spiro atoms. The van der Waals surface area contributed by atoms with E-state index in [1.165, 1.54) is 6.92 Å². The molecule has 1 heterocycles. The monoisotopic (exact) mass is 286 g/mol. The number of nitrogens with two attached hydrogens (primary N) is 1. The van der Waals surface area contributed by atoms with Crippen LogP contribution >= 0.6 is 0 Å². The number of aromatic nitrogens is 1. The smallest absolute Gasteiger partial charge is 0.248 e. The lowest BCUT2D eigenvalue weighted by atomic mass is 10.0. The number of hydrogen-bond donors (Lipinski definition) is 3. The van der Waals surface area contributed by atoms with E-state index in [0.29, 0.717) is 22.5 Å². The molecule has 0 radical (unpaired) electrons. The van der Waals surface area contributed by atoms with Gasteiger partial charge in [0, 0.05) is 12.5 Å². The third-order valence-electron chi connectivity index (χ3n) is 2.79. The van der Waals surface area contributed by atoms with Crippen molar-refractivity contribution in [1.82, 2.24) is 5.16 Å². The van der Waals surface area contributed by atoms with Gasteiger partial charge in [0.1, 0.15) is 5.76 Å². The van der Waals surface area contributed by atoms with Gasteiger partial charge in [0.2, 0.25) is 11.8 Å². The molecule has 7 nitrogen and oxygen atoms in total. The third-order valence-corrected chi connectivity index (χ3v) is 2.79. The Kier molecular flexibility index (Phi) is 3.84. The van der Waals surface area contributed by atoms with E-state index in [2.05, 4.69) is 5.16 Å². The molecule has 1 amide bonds. The Balaban J connectivity index is 2.44. The molecule has 0 atom stereocenters. The van der Waals surface area contributed by atoms with E-state index >= 15 is 0 Å². The summed E-state index contributed by atoms with van der Waals surface area (Å²) in [6.45, 7) is 3.13. The van der Waals surface area contributed by atoms with E-state index in [1.54, 1.807) is 31.2 Å². The maximum atomic E-state index is 11.1. The fourth-order valence-corrected chi connectivity index (χ4v) is 1.87. The molecule has 0 aliphatic carbocycles. The van der Waals surface area contributed by atoms with Crippen LogP contribution in [0.2, 0.25) is 0 Å². The molecule has 0 saturated heterocycles. The second-order valence-electron chi connectivity index (χ2n) is 4.39. The van der Waals surface area contributed by atoms with Gasteiger partial charge >= 0.3 is 0 Å². The standard InChI is InChI=1S/C14H14N4O3/c1-7-11(9-3-5-10(6-4-9)13(16)19)12(18-21-7)14(17)20-8(2)15/h3-6,15,17H,1-2H3,(H2,16,19). The minimum Gasteiger partial charge on any atom is -0.424 e. The second kappa shape index (κ2) is 5.58. The van der Waals surface area contributed by atoms with Crippen LogP contribution in [0.5, 0.6) is 0 Å². The van der Waals surface area contributed by atoms with Crippen molar-refractivity contribution in [1.29, 1.82) is 10.8 Å². The SMILES string of the molecule is CC(=N)OC(=N)c1noc(C)c1-c1ccc(C(N)=O)cc1. The maximum Gasteiger partial charge on any atom is 0.248 e. The highest BCUT2D eigenvalue weighted by molar-refractivity contribution is 6.02. The molecule has 7 heteroatoms. The van der Waals surface area contributed by atoms with Crippen LogP contribution in [0.15, 0.2) is 28.8 Å². The summed E-state index contributed by atoms with van der Waals surface area (Å²) in [5.74, 6) is -0.392. The number of carbonyl (C=O) groups excluding carboxylic acids is 1. The number of aryl methyl sites for hydroxylation is 1. The molecule has 1 aromatic carbocycles. The normalized spacial score (nSPS) is 10.2. The number of primary amides is 1. The Morgan fingerprint density at radius 1 is 1.29 bits per heavy atom. The van der Waals surface area contributed by atoms with Crippen LogP contribution in [0.4, 0.5) is 0 Å². The summed E-state index contributed by atoms with van der Waals surface area (Å²) < 4.78 is 10.0. The quantitative estimate of drug-likeness (QED) is 0.589. The number of rotatable bonds is 3. The Morgan fingerprint density at radius 3 is 2.43 bits per heavy atom. The van der Waals surface area contributed by atoms with Crippen LogP contribution in [0, 0.1) is 17.7 Å². The topological polar surface area (TPSA) is 126 Å². The molecule has 0 aliphatic rings. The first-order valence-corrected chi connectivity index (χ1v) is 6.08. The predicted molar refractivity (Wildman–Crippen MR) is 76.5 cm³/mol. The van der Waals surface area contributed by atoms with Crippen LogP contribution < -0.4 is 5.73 Å². The maximum absolute atomic E-state index is 11.1. The minimum atomic E-state index is -0.515. The summed E-state index contributed by atoms with van der Waals surface area (Å²) in [7, 11) is 0. The summed E-state index contributed by atoms with van der Waals surface area (Å²) in [4.78, 5) is 11.1. The molecular weight excluding hydrogens is 272 g/mol. The number of hydrogen-bond acceptors (Lipinski definition) is 6. The van der Waals surface area contributed by atoms with Gasteiger partial charge in [0.05, 0.1) is 5.56 Å². The van der Waals surface area contributed by atoms with Gasteiger partial charge in [-0.3, -0.25) is 15.6 Å². The molecule has 108 valence electrons. The van der Waals surface area contributed by atoms with Gasteiger partial charge in [0.25, 0.3) is 0 Å². The predicted octanol–water partition coefficient (Wildman–Crippen LogP) is 2.09. The first kappa shape index (κ1) is 14.4. The van der Waals surface area contributed by atoms with Crippen LogP contribution in [-0.4, -0.2) is 22.9 Å². The van der Waals surface area contributed by atoms with Crippen molar-refractivity contribution in [3.63, 3.8) is 0 Å². The van der Waals surface area contributed by atoms with Crippen molar-refractivity contribution >= 4 is 17.7 Å². The Bertz CT molecular complexity index is 716. The van der Waals surface area contributed by atoms with Crippen LogP contribution in [0.25, 0.3) is 11.1 Å². The minimum absolute atomic E-state index is 0.115. The van der Waals surface area contributed by atoms with Crippen molar-refractivity contribution in [2.24, 2.45) is 5.73 Å². The number of amides is 1. The Hall–Kier alpha value is -2.96. The summed E-state index contributed by atoms with van der Waals surface area (Å²) in [5.41, 5.74) is 7.08. The van der Waals surface area contributed by atoms with Gasteiger partial charge in [-0.05, 0) is 24.6 Å². The summed E-state index contributed by atoms with van der Waals surface area (Å²) >= 11 is 0. The van der Waals surface area contributed by atoms with Gasteiger partial charge < -0.3 is 15.0 Å². The summed E-state index contributed by atoms with van der Waals surface area (Å²) in [6, 6.07) is 6.54. The van der Waals surface area contributed by atoms with Crippen molar-refractivity contribution < 1.29 is 14.1 Å². The van der Waals surface area contributed by atoms with Crippen LogP contribution in [0.1, 0.15) is 28.7 Å². The molecular formula is C14H14N4O3. The van der Waals surface area contributed by atoms with Crippen molar-refractivity contribution in [3.8, 4) is 11.1 Å². The average molecular weight is 286 g/mol. The largest absolute Gasteiger partial charge is 0.424 e. The van der Waals surface area contributed by atoms with E-state index < -0.39 is 5.91 Å². The van der Waals surface area contributed by atoms with E-state index in [0.717, 1.165) is 0 Å². The number of benzene rings is 1. The number of carbonyl (C=O) groups is 1. The molecule has 0 saturated carbocycles. The van der Waals surface area contributed by atoms with E-state index in [1.807, 2.05) is 0 Å². The van der Waals surface area contributed by atoms with Gasteiger partial charge in [-0.1, -0.05) is 17.3 Å². The molecule has 2 rings (SSSR count). The molecule has 21 heavy (non-hydrogen) atoms. The summed E-state index contributed by atoms with van der Waals surface area (Å²) in [6.07, 6.45) is 0. The lowest BCUT2D eigenvalue weighted by Crippen LogP contribution is -2.11. The molecule has 2 aromatic rings. The van der Waals surface area contributed by atoms with Crippen LogP contribution in [-0.2, 0) is 4.74 Å². The van der Waals surface area contributed by atoms with Crippen molar-refractivity contribution in [2.75, 3.05) is 0 Å². The molecule has 0 bridgehead atoms. The molecule has 4 N–H and O–H groups in total. The fourth-order valence-electron chi connectivity index (χ4n) is 1.87. The van der Waals surface area contributed by atoms with E-state index in [9.17, 15) is 4.79 Å². The van der Waals surface area contributed by atoms with Gasteiger partial charge in [-0.2, -0.15) is 0 Å². The average Bonchev–Trinajstić information content (AvgIpc) is 2.80. The van der Waals surface area contributed by atoms with E-state index in [4.69, 9.17) is 25.8 Å². The van der Waals surface area contributed by atoms with Crippen LogP contribution in [0.3, 0.4) is 0 Å². The Labute approximate surface area is 120 Å². The molecule has 0 fully saturated rings. The van der Waals surface area contributed by atoms with Gasteiger partial charge in [-0.25, -0.2) is 0 Å². The van der Waals surface area contributed by atoms with Gasteiger partial charge in [-0.15, -0.1) is 0 Å². The first-order valence-electron chi connectivity index (χ1n) is 6.08. The van der Waals surface area contributed by atoms with Crippen molar-refractivity contribution in [3.05, 3.63) is 41.3 Å². The highest BCUT2D eigenvalue weighted by Gasteiger charge is 2.20. The lowest BCUT2D eigenvalue weighted by molar-refractivity contribution is 0.100. The number of nitrogens with one attached hydrogen (secondary N) is 2. The fraction of sp³-hybridized carbons (Fsp3) is 0.143. The zero-order valence-electron chi connectivity index (χ0n) is 11.6. The molecule has 1 aromatic heterocycles. The van der Waals surface area contributed by atoms with Gasteiger partial charge in [0.15, 0.2) is 11.6 Å². The zero-order valence-corrected chi connectivity index (χ0v) is 11.6. The molecule has 0 aliphatic heterocycles.